The summed E-state index contributed by atoms with van der Waals surface area (Å²) in [5, 5.41) is 17.3. The summed E-state index contributed by atoms with van der Waals surface area (Å²) in [5.74, 6) is 1.42. The molecule has 0 aliphatic heterocycles. The molecule has 0 spiro atoms. The van der Waals surface area contributed by atoms with Crippen LogP contribution < -0.4 is 10.6 Å². The second kappa shape index (κ2) is 7.78. The fourth-order valence-corrected chi connectivity index (χ4v) is 2.37. The number of hydrogen-bond donors (Lipinski definition) is 2. The van der Waals surface area contributed by atoms with Crippen molar-refractivity contribution in [2.45, 2.75) is 31.8 Å². The van der Waals surface area contributed by atoms with Gasteiger partial charge in [-0.15, -0.1) is 0 Å². The molecule has 1 heterocycles. The zero-order chi connectivity index (χ0) is 14.3. The quantitative estimate of drug-likeness (QED) is 0.249. The van der Waals surface area contributed by atoms with Crippen LogP contribution in [0.3, 0.4) is 0 Å². The van der Waals surface area contributed by atoms with E-state index in [2.05, 4.69) is 27.5 Å². The molecule has 1 aromatic heterocycles. The number of nitrogens with zero attached hydrogens (tertiary/aromatic N) is 3. The molecule has 106 valence electrons. The van der Waals surface area contributed by atoms with Crippen molar-refractivity contribution in [3.05, 3.63) is 10.1 Å². The van der Waals surface area contributed by atoms with Crippen molar-refractivity contribution in [3.63, 3.8) is 0 Å². The van der Waals surface area contributed by atoms with Crippen molar-refractivity contribution >= 4 is 29.1 Å². The average molecular weight is 285 g/mol. The van der Waals surface area contributed by atoms with E-state index in [0.717, 1.165) is 18.6 Å². The van der Waals surface area contributed by atoms with E-state index in [1.54, 1.807) is 7.05 Å². The Morgan fingerprint density at radius 1 is 1.32 bits per heavy atom. The Hall–Kier alpha value is -1.57. The fourth-order valence-electron chi connectivity index (χ4n) is 1.44. The lowest BCUT2D eigenvalue weighted by Gasteiger charge is -2.09. The fraction of sp³-hybridized carbons (Fsp3) is 0.636. The summed E-state index contributed by atoms with van der Waals surface area (Å²) in [6.07, 6.45) is 2.16. The highest BCUT2D eigenvalue weighted by Gasteiger charge is 2.23. The Kier molecular flexibility index (Phi) is 6.34. The molecule has 1 rings (SSSR count). The highest BCUT2D eigenvalue weighted by Crippen LogP contribution is 2.32. The molecule has 0 bridgehead atoms. The van der Waals surface area contributed by atoms with Crippen molar-refractivity contribution in [2.75, 3.05) is 30.0 Å². The predicted molar refractivity (Wildman–Crippen MR) is 78.0 cm³/mol. The molecule has 2 N–H and O–H groups in total. The minimum Gasteiger partial charge on any atom is -0.367 e. The monoisotopic (exact) mass is 285 g/mol. The molecule has 0 saturated carbocycles. The lowest BCUT2D eigenvalue weighted by atomic mass is 10.4. The summed E-state index contributed by atoms with van der Waals surface area (Å²) < 4.78 is 0. The predicted octanol–water partition coefficient (Wildman–Crippen LogP) is 2.75. The minimum atomic E-state index is -0.468. The van der Waals surface area contributed by atoms with Crippen LogP contribution in [-0.4, -0.2) is 34.2 Å². The molecule has 0 radical (unpaired) electrons. The number of rotatable bonds is 8. The molecule has 1 aromatic rings. The second-order valence-electron chi connectivity index (χ2n) is 3.79. The lowest BCUT2D eigenvalue weighted by molar-refractivity contribution is -0.383. The number of anilines is 2. The molecule has 0 atom stereocenters. The van der Waals surface area contributed by atoms with E-state index in [-0.39, 0.29) is 17.3 Å². The first-order chi connectivity index (χ1) is 9.13. The third-order valence-corrected chi connectivity index (χ3v) is 3.29. The second-order valence-corrected chi connectivity index (χ2v) is 4.85. The van der Waals surface area contributed by atoms with E-state index in [0.29, 0.717) is 11.7 Å². The Balaban J connectivity index is 3.08. The first kappa shape index (κ1) is 15.5. The first-order valence-corrected chi connectivity index (χ1v) is 7.23. The van der Waals surface area contributed by atoms with Gasteiger partial charge >= 0.3 is 5.69 Å². The van der Waals surface area contributed by atoms with Gasteiger partial charge in [-0.2, -0.15) is 9.97 Å². The van der Waals surface area contributed by atoms with Gasteiger partial charge in [-0.25, -0.2) is 0 Å². The van der Waals surface area contributed by atoms with Gasteiger partial charge < -0.3 is 10.6 Å². The minimum absolute atomic E-state index is 0.107. The topological polar surface area (TPSA) is 93.0 Å². The Morgan fingerprint density at radius 2 is 2.00 bits per heavy atom. The molecule has 0 aliphatic carbocycles. The molecule has 0 aliphatic rings. The Labute approximate surface area is 116 Å². The Bertz CT molecular complexity index is 441. The smallest absolute Gasteiger partial charge is 0.353 e. The van der Waals surface area contributed by atoms with Crippen molar-refractivity contribution in [3.8, 4) is 0 Å². The molecule has 0 saturated heterocycles. The third kappa shape index (κ3) is 4.23. The highest BCUT2D eigenvalue weighted by molar-refractivity contribution is 7.99. The number of nitro groups is 1. The molecular weight excluding hydrogens is 266 g/mol. The maximum Gasteiger partial charge on any atom is 0.353 e. The van der Waals surface area contributed by atoms with E-state index in [1.165, 1.54) is 11.8 Å². The molecule has 19 heavy (non-hydrogen) atoms. The van der Waals surface area contributed by atoms with E-state index >= 15 is 0 Å². The van der Waals surface area contributed by atoms with Crippen LogP contribution >= 0.6 is 11.8 Å². The normalized spacial score (nSPS) is 10.3. The van der Waals surface area contributed by atoms with Gasteiger partial charge in [0, 0.05) is 19.3 Å². The molecule has 0 fully saturated rings. The number of nitrogens with one attached hydrogen (secondary N) is 2. The zero-order valence-corrected chi connectivity index (χ0v) is 12.2. The first-order valence-electron chi connectivity index (χ1n) is 6.24. The van der Waals surface area contributed by atoms with E-state index in [1.807, 2.05) is 6.92 Å². The molecule has 7 nitrogen and oxygen atoms in total. The van der Waals surface area contributed by atoms with Gasteiger partial charge in [0.05, 0.1) is 4.92 Å². The number of unbranched alkanes of at least 4 members (excludes halogenated alkanes) is 1. The van der Waals surface area contributed by atoms with Crippen molar-refractivity contribution in [2.24, 2.45) is 0 Å². The molecule has 0 amide bonds. The van der Waals surface area contributed by atoms with Crippen molar-refractivity contribution < 1.29 is 4.92 Å². The van der Waals surface area contributed by atoms with Crippen LogP contribution in [0.5, 0.6) is 0 Å². The average Bonchev–Trinajstić information content (AvgIpc) is 2.38. The van der Waals surface area contributed by atoms with Crippen LogP contribution in [0, 0.1) is 10.1 Å². The summed E-state index contributed by atoms with van der Waals surface area (Å²) in [6, 6.07) is 0. The van der Waals surface area contributed by atoms with E-state index in [4.69, 9.17) is 0 Å². The van der Waals surface area contributed by atoms with Gasteiger partial charge in [0.25, 0.3) is 0 Å². The molecule has 8 heteroatoms. The van der Waals surface area contributed by atoms with Crippen LogP contribution in [0.15, 0.2) is 5.16 Å². The van der Waals surface area contributed by atoms with E-state index < -0.39 is 4.92 Å². The van der Waals surface area contributed by atoms with Gasteiger partial charge in [-0.1, -0.05) is 25.1 Å². The lowest BCUT2D eigenvalue weighted by Crippen LogP contribution is -2.09. The summed E-state index contributed by atoms with van der Waals surface area (Å²) in [6.45, 7) is 4.55. The SMILES string of the molecule is CCCCSc1nc(NC)c([N+](=O)[O-])c(NCC)n1. The zero-order valence-electron chi connectivity index (χ0n) is 11.4. The van der Waals surface area contributed by atoms with Crippen molar-refractivity contribution in [1.82, 2.24) is 9.97 Å². The van der Waals surface area contributed by atoms with Crippen LogP contribution in [0.2, 0.25) is 0 Å². The largest absolute Gasteiger partial charge is 0.367 e. The number of thioether (sulfide) groups is 1. The van der Waals surface area contributed by atoms with Gasteiger partial charge in [0.15, 0.2) is 5.16 Å². The molecule has 0 unspecified atom stereocenters. The third-order valence-electron chi connectivity index (χ3n) is 2.36. The summed E-state index contributed by atoms with van der Waals surface area (Å²) >= 11 is 1.51. The number of hydrogen-bond acceptors (Lipinski definition) is 7. The molecule has 0 aromatic carbocycles. The highest BCUT2D eigenvalue weighted by atomic mass is 32.2. The summed E-state index contributed by atoms with van der Waals surface area (Å²) in [7, 11) is 1.62. The van der Waals surface area contributed by atoms with Gasteiger partial charge in [0.1, 0.15) is 0 Å². The molecular formula is C11H19N5O2S. The maximum absolute atomic E-state index is 11.1. The standard InChI is InChI=1S/C11H19N5O2S/c1-4-6-7-19-11-14-9(12-3)8(16(17)18)10(15-11)13-5-2/h4-7H2,1-3H3,(H2,12,13,14,15). The van der Waals surface area contributed by atoms with Gasteiger partial charge in [-0.3, -0.25) is 10.1 Å². The van der Waals surface area contributed by atoms with E-state index in [9.17, 15) is 10.1 Å². The maximum atomic E-state index is 11.1. The van der Waals surface area contributed by atoms with Crippen LogP contribution in [-0.2, 0) is 0 Å². The van der Waals surface area contributed by atoms with Crippen LogP contribution in [0.4, 0.5) is 17.3 Å². The van der Waals surface area contributed by atoms with Gasteiger partial charge in [0.2, 0.25) is 11.6 Å². The summed E-state index contributed by atoms with van der Waals surface area (Å²) in [5.41, 5.74) is -0.107. The van der Waals surface area contributed by atoms with Gasteiger partial charge in [-0.05, 0) is 13.3 Å². The summed E-state index contributed by atoms with van der Waals surface area (Å²) in [4.78, 5) is 19.0. The Morgan fingerprint density at radius 3 is 2.53 bits per heavy atom. The van der Waals surface area contributed by atoms with Crippen molar-refractivity contribution in [1.29, 1.82) is 0 Å². The number of aromatic nitrogens is 2. The van der Waals surface area contributed by atoms with Crippen LogP contribution in [0.1, 0.15) is 26.7 Å². The van der Waals surface area contributed by atoms with Crippen LogP contribution in [0.25, 0.3) is 0 Å².